The molecule has 0 radical (unpaired) electrons. The van der Waals surface area contributed by atoms with Crippen LogP contribution in [0.3, 0.4) is 0 Å². The average Bonchev–Trinajstić information content (AvgIpc) is 2.37. The van der Waals surface area contributed by atoms with Crippen molar-refractivity contribution in [1.82, 2.24) is 4.98 Å². The molecule has 17 heavy (non-hydrogen) atoms. The SMILES string of the molecule is CCCOc1cncc(C2CCC(=O)CC2)c1. The molecule has 1 aliphatic rings. The summed E-state index contributed by atoms with van der Waals surface area (Å²) in [5.74, 6) is 1.72. The summed E-state index contributed by atoms with van der Waals surface area (Å²) in [4.78, 5) is 15.4. The van der Waals surface area contributed by atoms with Crippen molar-refractivity contribution in [3.05, 3.63) is 24.0 Å². The van der Waals surface area contributed by atoms with E-state index in [-0.39, 0.29) is 0 Å². The van der Waals surface area contributed by atoms with Crippen molar-refractivity contribution in [2.45, 2.75) is 44.9 Å². The summed E-state index contributed by atoms with van der Waals surface area (Å²) >= 11 is 0. The molecule has 2 rings (SSSR count). The molecule has 3 nitrogen and oxygen atoms in total. The maximum atomic E-state index is 11.2. The van der Waals surface area contributed by atoms with E-state index in [9.17, 15) is 4.79 Å². The Morgan fingerprint density at radius 3 is 2.82 bits per heavy atom. The number of hydrogen-bond donors (Lipinski definition) is 0. The predicted molar refractivity (Wildman–Crippen MR) is 66.2 cm³/mol. The number of hydrogen-bond acceptors (Lipinski definition) is 3. The Kier molecular flexibility index (Phi) is 4.13. The molecule has 0 atom stereocenters. The highest BCUT2D eigenvalue weighted by Gasteiger charge is 2.20. The third-order valence-electron chi connectivity index (χ3n) is 3.22. The first kappa shape index (κ1) is 12.1. The minimum atomic E-state index is 0.396. The normalized spacial score (nSPS) is 17.1. The fourth-order valence-corrected chi connectivity index (χ4v) is 2.23. The van der Waals surface area contributed by atoms with Crippen molar-refractivity contribution >= 4 is 5.78 Å². The van der Waals surface area contributed by atoms with Gasteiger partial charge in [-0.1, -0.05) is 6.92 Å². The van der Waals surface area contributed by atoms with Crippen LogP contribution in [-0.4, -0.2) is 17.4 Å². The zero-order chi connectivity index (χ0) is 12.1. The number of ketones is 1. The van der Waals surface area contributed by atoms with Crippen LogP contribution < -0.4 is 4.74 Å². The number of Topliss-reactive ketones (excluding diaryl/α,β-unsaturated/α-hetero) is 1. The van der Waals surface area contributed by atoms with E-state index in [4.69, 9.17) is 4.74 Å². The van der Waals surface area contributed by atoms with Crippen molar-refractivity contribution in [2.75, 3.05) is 6.61 Å². The van der Waals surface area contributed by atoms with Gasteiger partial charge in [-0.25, -0.2) is 0 Å². The van der Waals surface area contributed by atoms with Gasteiger partial charge in [0.2, 0.25) is 0 Å². The summed E-state index contributed by atoms with van der Waals surface area (Å²) in [5.41, 5.74) is 1.21. The topological polar surface area (TPSA) is 39.2 Å². The molecular formula is C14H19NO2. The fourth-order valence-electron chi connectivity index (χ4n) is 2.23. The monoisotopic (exact) mass is 233 g/mol. The maximum absolute atomic E-state index is 11.2. The molecule has 0 N–H and O–H groups in total. The first-order valence-corrected chi connectivity index (χ1v) is 6.39. The second-order valence-electron chi connectivity index (χ2n) is 4.62. The lowest BCUT2D eigenvalue weighted by Crippen LogP contribution is -2.12. The zero-order valence-corrected chi connectivity index (χ0v) is 10.3. The molecular weight excluding hydrogens is 214 g/mol. The second kappa shape index (κ2) is 5.80. The van der Waals surface area contributed by atoms with Crippen LogP contribution in [0.4, 0.5) is 0 Å². The van der Waals surface area contributed by atoms with E-state index in [1.54, 1.807) is 6.20 Å². The van der Waals surface area contributed by atoms with Crippen molar-refractivity contribution < 1.29 is 9.53 Å². The number of ether oxygens (including phenoxy) is 1. The highest BCUT2D eigenvalue weighted by Crippen LogP contribution is 2.32. The Morgan fingerprint density at radius 1 is 1.35 bits per heavy atom. The highest BCUT2D eigenvalue weighted by molar-refractivity contribution is 5.79. The zero-order valence-electron chi connectivity index (χ0n) is 10.3. The molecule has 0 spiro atoms. The van der Waals surface area contributed by atoms with Gasteiger partial charge in [0.25, 0.3) is 0 Å². The standard InChI is InChI=1S/C14H19NO2/c1-2-7-17-14-8-12(9-15-10-14)11-3-5-13(16)6-4-11/h8-11H,2-7H2,1H3. The fraction of sp³-hybridized carbons (Fsp3) is 0.571. The predicted octanol–water partition coefficient (Wildman–Crippen LogP) is 3.10. The van der Waals surface area contributed by atoms with E-state index in [2.05, 4.69) is 18.0 Å². The maximum Gasteiger partial charge on any atom is 0.137 e. The summed E-state index contributed by atoms with van der Waals surface area (Å²) in [6.45, 7) is 2.82. The Hall–Kier alpha value is -1.38. The summed E-state index contributed by atoms with van der Waals surface area (Å²) in [5, 5.41) is 0. The largest absolute Gasteiger partial charge is 0.492 e. The average molecular weight is 233 g/mol. The van der Waals surface area contributed by atoms with Gasteiger partial charge in [0.15, 0.2) is 0 Å². The summed E-state index contributed by atoms with van der Waals surface area (Å²) in [6, 6.07) is 2.07. The van der Waals surface area contributed by atoms with Gasteiger partial charge in [-0.2, -0.15) is 0 Å². The van der Waals surface area contributed by atoms with Crippen LogP contribution in [0.5, 0.6) is 5.75 Å². The number of aromatic nitrogens is 1. The van der Waals surface area contributed by atoms with E-state index in [1.807, 2.05) is 6.20 Å². The highest BCUT2D eigenvalue weighted by atomic mass is 16.5. The van der Waals surface area contributed by atoms with Crippen LogP contribution in [0, 0.1) is 0 Å². The van der Waals surface area contributed by atoms with Gasteiger partial charge in [0, 0.05) is 19.0 Å². The lowest BCUT2D eigenvalue weighted by atomic mass is 9.84. The smallest absolute Gasteiger partial charge is 0.137 e. The molecule has 0 saturated heterocycles. The molecule has 1 aromatic rings. The van der Waals surface area contributed by atoms with Crippen LogP contribution >= 0.6 is 0 Å². The van der Waals surface area contributed by atoms with E-state index in [0.717, 1.165) is 31.6 Å². The molecule has 1 aromatic heterocycles. The molecule has 0 aromatic carbocycles. The number of carbonyl (C=O) groups is 1. The molecule has 0 bridgehead atoms. The van der Waals surface area contributed by atoms with Gasteiger partial charge in [-0.05, 0) is 36.8 Å². The van der Waals surface area contributed by atoms with Gasteiger partial charge < -0.3 is 4.74 Å². The minimum absolute atomic E-state index is 0.396. The van der Waals surface area contributed by atoms with Crippen molar-refractivity contribution in [2.24, 2.45) is 0 Å². The Morgan fingerprint density at radius 2 is 2.12 bits per heavy atom. The van der Waals surface area contributed by atoms with Crippen molar-refractivity contribution in [3.63, 3.8) is 0 Å². The van der Waals surface area contributed by atoms with Crippen molar-refractivity contribution in [3.8, 4) is 5.75 Å². The molecule has 0 aliphatic heterocycles. The lowest BCUT2D eigenvalue weighted by molar-refractivity contribution is -0.120. The molecule has 1 saturated carbocycles. The van der Waals surface area contributed by atoms with Crippen LogP contribution in [0.15, 0.2) is 18.5 Å². The van der Waals surface area contributed by atoms with E-state index < -0.39 is 0 Å². The third kappa shape index (κ3) is 3.29. The van der Waals surface area contributed by atoms with E-state index in [0.29, 0.717) is 24.5 Å². The first-order valence-electron chi connectivity index (χ1n) is 6.39. The van der Waals surface area contributed by atoms with Crippen LogP contribution in [0.2, 0.25) is 0 Å². The molecule has 92 valence electrons. The third-order valence-corrected chi connectivity index (χ3v) is 3.22. The van der Waals surface area contributed by atoms with Gasteiger partial charge in [-0.3, -0.25) is 9.78 Å². The van der Waals surface area contributed by atoms with Crippen molar-refractivity contribution in [1.29, 1.82) is 0 Å². The molecule has 3 heteroatoms. The summed E-state index contributed by atoms with van der Waals surface area (Å²) < 4.78 is 5.58. The number of carbonyl (C=O) groups excluding carboxylic acids is 1. The molecule has 1 aliphatic carbocycles. The van der Waals surface area contributed by atoms with Gasteiger partial charge in [0.05, 0.1) is 12.8 Å². The minimum Gasteiger partial charge on any atom is -0.492 e. The van der Waals surface area contributed by atoms with E-state index >= 15 is 0 Å². The Labute approximate surface area is 102 Å². The summed E-state index contributed by atoms with van der Waals surface area (Å²) in [7, 11) is 0. The number of pyridine rings is 1. The molecule has 0 unspecified atom stereocenters. The lowest BCUT2D eigenvalue weighted by Gasteiger charge is -2.21. The first-order chi connectivity index (χ1) is 8.29. The number of nitrogens with zero attached hydrogens (tertiary/aromatic N) is 1. The number of rotatable bonds is 4. The molecule has 0 amide bonds. The van der Waals surface area contributed by atoms with Gasteiger partial charge in [0.1, 0.15) is 11.5 Å². The molecule has 1 fully saturated rings. The van der Waals surface area contributed by atoms with Gasteiger partial charge in [-0.15, -0.1) is 0 Å². The summed E-state index contributed by atoms with van der Waals surface area (Å²) in [6.07, 6.45) is 8.00. The van der Waals surface area contributed by atoms with Crippen LogP contribution in [0.25, 0.3) is 0 Å². The van der Waals surface area contributed by atoms with Crippen LogP contribution in [-0.2, 0) is 4.79 Å². The molecule has 1 heterocycles. The van der Waals surface area contributed by atoms with E-state index in [1.165, 1.54) is 5.56 Å². The quantitative estimate of drug-likeness (QED) is 0.802. The van der Waals surface area contributed by atoms with Crippen LogP contribution in [0.1, 0.15) is 50.5 Å². The Bertz CT molecular complexity index is 380. The second-order valence-corrected chi connectivity index (χ2v) is 4.62. The Balaban J connectivity index is 2.02. The van der Waals surface area contributed by atoms with Gasteiger partial charge >= 0.3 is 0 Å².